The monoisotopic (exact) mass is 318 g/mol. The van der Waals surface area contributed by atoms with Gasteiger partial charge in [-0.05, 0) is 62.1 Å². The Morgan fingerprint density at radius 3 is 2.35 bits per heavy atom. The van der Waals surface area contributed by atoms with E-state index in [0.29, 0.717) is 24.7 Å². The molecule has 1 aromatic rings. The molecule has 0 N–H and O–H groups in total. The van der Waals surface area contributed by atoms with Crippen molar-refractivity contribution in [3.8, 4) is 11.8 Å². The van der Waals surface area contributed by atoms with Crippen molar-refractivity contribution in [1.82, 2.24) is 0 Å². The Bertz CT molecular complexity index is 603. The molecule has 1 aliphatic carbocycles. The van der Waals surface area contributed by atoms with Gasteiger partial charge in [-0.3, -0.25) is 0 Å². The summed E-state index contributed by atoms with van der Waals surface area (Å²) < 4.78 is 40.2. The van der Waals surface area contributed by atoms with Gasteiger partial charge in [0.05, 0.1) is 11.9 Å². The van der Waals surface area contributed by atoms with Crippen LogP contribution in [0.3, 0.4) is 0 Å². The molecule has 23 heavy (non-hydrogen) atoms. The molecule has 1 fully saturated rings. The Kier molecular flexibility index (Phi) is 6.52. The van der Waals surface area contributed by atoms with Gasteiger partial charge in [-0.2, -0.15) is 0 Å². The Morgan fingerprint density at radius 1 is 1.13 bits per heavy atom. The number of allylic oxidation sites excluding steroid dienone is 2. The first-order valence-electron chi connectivity index (χ1n) is 8.01. The average Bonchev–Trinajstić information content (AvgIpc) is 2.54. The summed E-state index contributed by atoms with van der Waals surface area (Å²) in [4.78, 5) is 0. The van der Waals surface area contributed by atoms with Crippen molar-refractivity contribution in [1.29, 1.82) is 0 Å². The van der Waals surface area contributed by atoms with Crippen LogP contribution < -0.4 is 0 Å². The number of aryl methyl sites for hydroxylation is 1. The zero-order valence-electron chi connectivity index (χ0n) is 13.1. The molecule has 1 aliphatic rings. The maximum Gasteiger partial charge on any atom is 0.142 e. The number of hydrogen-bond donors (Lipinski definition) is 0. The molecule has 1 aromatic carbocycles. The highest BCUT2D eigenvalue weighted by atomic mass is 19.1. The Labute approximate surface area is 136 Å². The fourth-order valence-electron chi connectivity index (χ4n) is 2.89. The minimum absolute atomic E-state index is 0.124. The van der Waals surface area contributed by atoms with E-state index in [1.807, 2.05) is 0 Å². The van der Waals surface area contributed by atoms with Gasteiger partial charge in [-0.15, -0.1) is 6.58 Å². The fourth-order valence-corrected chi connectivity index (χ4v) is 2.89. The van der Waals surface area contributed by atoms with E-state index < -0.39 is 11.6 Å². The van der Waals surface area contributed by atoms with Crippen molar-refractivity contribution in [2.24, 2.45) is 11.8 Å². The van der Waals surface area contributed by atoms with Crippen LogP contribution in [0.4, 0.5) is 13.2 Å². The molecule has 0 bridgehead atoms. The molecule has 0 nitrogen and oxygen atoms in total. The van der Waals surface area contributed by atoms with Crippen LogP contribution in [0, 0.1) is 35.3 Å². The van der Waals surface area contributed by atoms with E-state index in [4.69, 9.17) is 0 Å². The summed E-state index contributed by atoms with van der Waals surface area (Å²) in [7, 11) is 0. The summed E-state index contributed by atoms with van der Waals surface area (Å²) in [6, 6.07) is 2.69. The predicted molar refractivity (Wildman–Crippen MR) is 87.5 cm³/mol. The van der Waals surface area contributed by atoms with Gasteiger partial charge >= 0.3 is 0 Å². The first-order valence-corrected chi connectivity index (χ1v) is 8.01. The average molecular weight is 318 g/mol. The second-order valence-corrected chi connectivity index (χ2v) is 5.96. The van der Waals surface area contributed by atoms with Crippen molar-refractivity contribution in [3.05, 3.63) is 60.0 Å². The van der Waals surface area contributed by atoms with Crippen molar-refractivity contribution in [2.45, 2.75) is 38.5 Å². The smallest absolute Gasteiger partial charge is 0.142 e. The van der Waals surface area contributed by atoms with Crippen LogP contribution in [0.5, 0.6) is 0 Å². The third-order valence-electron chi connectivity index (χ3n) is 4.26. The standard InChI is InChI=1S/C20H21F3/c1-2-3-4-17-13-19(22)18(20(23)14-17)10-9-15-5-7-16(8-6-15)11-12-21/h2,11-16H,1,3-8H2/b12-11+. The Hall–Kier alpha value is -1.95. The van der Waals surface area contributed by atoms with Crippen LogP contribution >= 0.6 is 0 Å². The van der Waals surface area contributed by atoms with Gasteiger partial charge < -0.3 is 0 Å². The van der Waals surface area contributed by atoms with Crippen LogP contribution in [0.1, 0.15) is 43.2 Å². The lowest BCUT2D eigenvalue weighted by atomic mass is 9.82. The van der Waals surface area contributed by atoms with E-state index in [1.54, 1.807) is 12.2 Å². The number of hydrogen-bond acceptors (Lipinski definition) is 0. The van der Waals surface area contributed by atoms with Crippen molar-refractivity contribution in [3.63, 3.8) is 0 Å². The maximum atomic E-state index is 14.0. The number of benzene rings is 1. The zero-order chi connectivity index (χ0) is 16.7. The SMILES string of the molecule is C=CCCc1cc(F)c(C#CC2CCC(/C=C/F)CC2)c(F)c1. The Morgan fingerprint density at radius 2 is 1.78 bits per heavy atom. The van der Waals surface area contributed by atoms with Gasteiger partial charge in [0.1, 0.15) is 11.6 Å². The lowest BCUT2D eigenvalue weighted by Gasteiger charge is -2.22. The van der Waals surface area contributed by atoms with Gasteiger partial charge in [0.25, 0.3) is 0 Å². The summed E-state index contributed by atoms with van der Waals surface area (Å²) in [5, 5.41) is 0. The molecule has 1 saturated carbocycles. The van der Waals surface area contributed by atoms with Crippen LogP contribution in [-0.2, 0) is 6.42 Å². The topological polar surface area (TPSA) is 0 Å². The third kappa shape index (κ3) is 5.03. The summed E-state index contributed by atoms with van der Waals surface area (Å²) in [5.74, 6) is 4.82. The van der Waals surface area contributed by atoms with Crippen molar-refractivity contribution < 1.29 is 13.2 Å². The second-order valence-electron chi connectivity index (χ2n) is 5.96. The molecule has 0 aromatic heterocycles. The molecule has 0 spiro atoms. The molecule has 0 unspecified atom stereocenters. The molecule has 3 heteroatoms. The summed E-state index contributed by atoms with van der Waals surface area (Å²) in [5.41, 5.74) is 0.460. The lowest BCUT2D eigenvalue weighted by Crippen LogP contribution is -2.11. The predicted octanol–water partition coefficient (Wildman–Crippen LogP) is 5.72. The molecule has 122 valence electrons. The van der Waals surface area contributed by atoms with Crippen LogP contribution in [0.25, 0.3) is 0 Å². The molecule has 0 atom stereocenters. The van der Waals surface area contributed by atoms with Gasteiger partial charge in [0.2, 0.25) is 0 Å². The largest absolute Gasteiger partial charge is 0.216 e. The van der Waals surface area contributed by atoms with E-state index in [9.17, 15) is 13.2 Å². The highest BCUT2D eigenvalue weighted by Gasteiger charge is 2.18. The normalized spacial score (nSPS) is 21.0. The first kappa shape index (κ1) is 17.4. The van der Waals surface area contributed by atoms with Crippen molar-refractivity contribution >= 4 is 0 Å². The molecule has 0 aliphatic heterocycles. The highest BCUT2D eigenvalue weighted by Crippen LogP contribution is 2.29. The van der Waals surface area contributed by atoms with Crippen LogP contribution in [-0.4, -0.2) is 0 Å². The maximum absolute atomic E-state index is 14.0. The van der Waals surface area contributed by atoms with Crippen LogP contribution in [0.2, 0.25) is 0 Å². The summed E-state index contributed by atoms with van der Waals surface area (Å²) in [6.07, 6.45) is 8.54. The van der Waals surface area contributed by atoms with Gasteiger partial charge in [0, 0.05) is 5.92 Å². The molecule has 0 heterocycles. The van der Waals surface area contributed by atoms with E-state index in [-0.39, 0.29) is 17.4 Å². The summed E-state index contributed by atoms with van der Waals surface area (Å²) in [6.45, 7) is 3.60. The van der Waals surface area contributed by atoms with E-state index in [1.165, 1.54) is 12.1 Å². The lowest BCUT2D eigenvalue weighted by molar-refractivity contribution is 0.362. The van der Waals surface area contributed by atoms with E-state index >= 15 is 0 Å². The minimum atomic E-state index is -0.606. The molecule has 2 rings (SSSR count). The molecule has 0 radical (unpaired) electrons. The molecule has 0 amide bonds. The number of rotatable bonds is 4. The highest BCUT2D eigenvalue weighted by molar-refractivity contribution is 5.39. The Balaban J connectivity index is 2.05. The summed E-state index contributed by atoms with van der Waals surface area (Å²) >= 11 is 0. The molecular weight excluding hydrogens is 297 g/mol. The minimum Gasteiger partial charge on any atom is -0.216 e. The quantitative estimate of drug-likeness (QED) is 0.491. The first-order chi connectivity index (χ1) is 11.1. The third-order valence-corrected chi connectivity index (χ3v) is 4.26. The fraction of sp³-hybridized carbons (Fsp3) is 0.400. The second kappa shape index (κ2) is 8.62. The van der Waals surface area contributed by atoms with E-state index in [0.717, 1.165) is 25.7 Å². The number of halogens is 3. The zero-order valence-corrected chi connectivity index (χ0v) is 13.1. The van der Waals surface area contributed by atoms with E-state index in [2.05, 4.69) is 18.4 Å². The van der Waals surface area contributed by atoms with Crippen LogP contribution in [0.15, 0.2) is 37.2 Å². The molecule has 0 saturated heterocycles. The van der Waals surface area contributed by atoms with Gasteiger partial charge in [0.15, 0.2) is 0 Å². The van der Waals surface area contributed by atoms with Gasteiger partial charge in [-0.1, -0.05) is 24.0 Å². The van der Waals surface area contributed by atoms with Crippen molar-refractivity contribution in [2.75, 3.05) is 0 Å². The van der Waals surface area contributed by atoms with Gasteiger partial charge in [-0.25, -0.2) is 13.2 Å². The molecular formula is C20H21F3.